The molecule has 0 unspecified atom stereocenters. The van der Waals surface area contributed by atoms with E-state index < -0.39 is 11.2 Å². The maximum absolute atomic E-state index is 13.7. The zero-order valence-electron chi connectivity index (χ0n) is 9.50. The molecule has 0 atom stereocenters. The summed E-state index contributed by atoms with van der Waals surface area (Å²) < 4.78 is 13.7. The molecule has 3 N–H and O–H groups in total. The van der Waals surface area contributed by atoms with Crippen molar-refractivity contribution in [2.45, 2.75) is 19.3 Å². The highest BCUT2D eigenvalue weighted by molar-refractivity contribution is 7.80. The summed E-state index contributed by atoms with van der Waals surface area (Å²) in [5.41, 5.74) is 4.83. The molecule has 1 aromatic carbocycles. The molecule has 3 nitrogen and oxygen atoms in total. The van der Waals surface area contributed by atoms with E-state index in [0.717, 1.165) is 6.42 Å². The van der Waals surface area contributed by atoms with E-state index in [1.54, 1.807) is 6.07 Å². The van der Waals surface area contributed by atoms with Crippen molar-refractivity contribution >= 4 is 40.4 Å². The smallest absolute Gasteiger partial charge is 0.237 e. The first-order valence-electron chi connectivity index (χ1n) is 5.53. The Labute approximate surface area is 114 Å². The monoisotopic (exact) mass is 286 g/mol. The van der Waals surface area contributed by atoms with Gasteiger partial charge >= 0.3 is 0 Å². The van der Waals surface area contributed by atoms with Crippen LogP contribution in [0, 0.1) is 11.2 Å². The fraction of sp³-hybridized carbons (Fsp3) is 0.333. The van der Waals surface area contributed by atoms with Crippen molar-refractivity contribution in [2.75, 3.05) is 5.32 Å². The normalized spacial score (nSPS) is 16.8. The highest BCUT2D eigenvalue weighted by Gasteiger charge is 2.47. The first-order chi connectivity index (χ1) is 8.47. The van der Waals surface area contributed by atoms with E-state index in [1.165, 1.54) is 12.1 Å². The average Bonchev–Trinajstić information content (AvgIpc) is 2.22. The number of nitrogens with two attached hydrogens (primary N) is 1. The van der Waals surface area contributed by atoms with Gasteiger partial charge in [0.1, 0.15) is 0 Å². The number of rotatable bonds is 3. The lowest BCUT2D eigenvalue weighted by atomic mass is 9.68. The number of anilines is 1. The molecular formula is C12H12ClFN2OS. The van der Waals surface area contributed by atoms with Crippen LogP contribution in [0.25, 0.3) is 0 Å². The number of amides is 1. The van der Waals surface area contributed by atoms with Gasteiger partial charge in [-0.15, -0.1) is 0 Å². The second-order valence-corrected chi connectivity index (χ2v) is 5.20. The fourth-order valence-corrected chi connectivity index (χ4v) is 2.43. The van der Waals surface area contributed by atoms with E-state index in [0.29, 0.717) is 12.8 Å². The predicted octanol–water partition coefficient (Wildman–Crippen LogP) is 2.87. The van der Waals surface area contributed by atoms with Gasteiger partial charge in [0.15, 0.2) is 5.82 Å². The van der Waals surface area contributed by atoms with Crippen LogP contribution in [0.1, 0.15) is 19.3 Å². The fourth-order valence-electron chi connectivity index (χ4n) is 1.96. The van der Waals surface area contributed by atoms with Crippen LogP contribution in [0.5, 0.6) is 0 Å². The number of carbonyl (C=O) groups excluding carboxylic acids is 1. The number of nitrogens with one attached hydrogen (secondary N) is 1. The van der Waals surface area contributed by atoms with Crippen molar-refractivity contribution in [1.29, 1.82) is 0 Å². The Morgan fingerprint density at radius 1 is 1.50 bits per heavy atom. The highest BCUT2D eigenvalue weighted by Crippen LogP contribution is 2.42. The number of halogens is 2. The molecule has 0 heterocycles. The lowest BCUT2D eigenvalue weighted by molar-refractivity contribution is -0.125. The third-order valence-electron chi connectivity index (χ3n) is 3.31. The maximum atomic E-state index is 13.7. The van der Waals surface area contributed by atoms with E-state index in [1.807, 2.05) is 0 Å². The van der Waals surface area contributed by atoms with Crippen molar-refractivity contribution in [3.05, 3.63) is 29.0 Å². The summed E-state index contributed by atoms with van der Waals surface area (Å²) in [6.45, 7) is 0. The Kier molecular flexibility index (Phi) is 3.54. The third kappa shape index (κ3) is 2.08. The van der Waals surface area contributed by atoms with Gasteiger partial charge in [0.05, 0.1) is 21.1 Å². The van der Waals surface area contributed by atoms with Gasteiger partial charge in [0.2, 0.25) is 5.91 Å². The van der Waals surface area contributed by atoms with E-state index >= 15 is 0 Å². The summed E-state index contributed by atoms with van der Waals surface area (Å²) in [5, 5.41) is 2.47. The Hall–Kier alpha value is -1.20. The zero-order chi connectivity index (χ0) is 13.3. The van der Waals surface area contributed by atoms with Crippen LogP contribution in [0.15, 0.2) is 18.2 Å². The minimum atomic E-state index is -0.829. The van der Waals surface area contributed by atoms with Crippen LogP contribution in [-0.2, 0) is 4.79 Å². The second kappa shape index (κ2) is 4.82. The van der Waals surface area contributed by atoms with Crippen molar-refractivity contribution in [1.82, 2.24) is 0 Å². The summed E-state index contributed by atoms with van der Waals surface area (Å²) in [4.78, 5) is 12.3. The molecule has 6 heteroatoms. The van der Waals surface area contributed by atoms with Crippen LogP contribution in [0.2, 0.25) is 5.02 Å². The summed E-state index contributed by atoms with van der Waals surface area (Å²) >= 11 is 10.6. The van der Waals surface area contributed by atoms with Crippen molar-refractivity contribution in [3.8, 4) is 0 Å². The molecule has 18 heavy (non-hydrogen) atoms. The Bertz CT molecular complexity index is 517. The highest BCUT2D eigenvalue weighted by atomic mass is 35.5. The summed E-state index contributed by atoms with van der Waals surface area (Å²) in [5.74, 6) is -1.01. The van der Waals surface area contributed by atoms with Gasteiger partial charge in [0.25, 0.3) is 0 Å². The van der Waals surface area contributed by atoms with E-state index in [9.17, 15) is 9.18 Å². The Morgan fingerprint density at radius 2 is 2.17 bits per heavy atom. The molecule has 0 bridgehead atoms. The first-order valence-corrected chi connectivity index (χ1v) is 6.31. The molecular weight excluding hydrogens is 275 g/mol. The third-order valence-corrected chi connectivity index (χ3v) is 4.00. The summed E-state index contributed by atoms with van der Waals surface area (Å²) in [7, 11) is 0. The van der Waals surface area contributed by atoms with E-state index in [-0.39, 0.29) is 21.6 Å². The molecule has 0 spiro atoms. The first kappa shape index (κ1) is 13.2. The average molecular weight is 287 g/mol. The molecule has 0 saturated heterocycles. The zero-order valence-corrected chi connectivity index (χ0v) is 11.1. The molecule has 1 aliphatic rings. The molecule has 1 aliphatic carbocycles. The van der Waals surface area contributed by atoms with Crippen molar-refractivity contribution in [2.24, 2.45) is 11.1 Å². The summed E-state index contributed by atoms with van der Waals surface area (Å²) in [6, 6.07) is 4.43. The SMILES string of the molecule is NC(=S)C1(C(=O)Nc2cccc(Cl)c2F)CCC1. The number of hydrogen-bond donors (Lipinski definition) is 2. The van der Waals surface area contributed by atoms with Crippen LogP contribution in [0.4, 0.5) is 10.1 Å². The Balaban J connectivity index is 2.21. The molecule has 0 radical (unpaired) electrons. The number of benzene rings is 1. The lowest BCUT2D eigenvalue weighted by Crippen LogP contribution is -2.50. The molecule has 0 aromatic heterocycles. The van der Waals surface area contributed by atoms with Crippen LogP contribution >= 0.6 is 23.8 Å². The molecule has 1 amide bonds. The summed E-state index contributed by atoms with van der Waals surface area (Å²) in [6.07, 6.45) is 2.11. The number of hydrogen-bond acceptors (Lipinski definition) is 2. The van der Waals surface area contributed by atoms with Crippen LogP contribution in [0.3, 0.4) is 0 Å². The number of carbonyl (C=O) groups is 1. The topological polar surface area (TPSA) is 55.1 Å². The maximum Gasteiger partial charge on any atom is 0.237 e. The van der Waals surface area contributed by atoms with Crippen LogP contribution < -0.4 is 11.1 Å². The quantitative estimate of drug-likeness (QED) is 0.840. The van der Waals surface area contributed by atoms with Gasteiger partial charge in [-0.25, -0.2) is 4.39 Å². The molecule has 1 fully saturated rings. The predicted molar refractivity (Wildman–Crippen MR) is 73.1 cm³/mol. The van der Waals surface area contributed by atoms with Gasteiger partial charge < -0.3 is 11.1 Å². The van der Waals surface area contributed by atoms with Gasteiger partial charge in [-0.05, 0) is 25.0 Å². The van der Waals surface area contributed by atoms with Gasteiger partial charge in [-0.2, -0.15) is 0 Å². The molecule has 96 valence electrons. The molecule has 1 aromatic rings. The minimum Gasteiger partial charge on any atom is -0.392 e. The van der Waals surface area contributed by atoms with Gasteiger partial charge in [-0.3, -0.25) is 4.79 Å². The lowest BCUT2D eigenvalue weighted by Gasteiger charge is -2.39. The largest absolute Gasteiger partial charge is 0.392 e. The van der Waals surface area contributed by atoms with Gasteiger partial charge in [-0.1, -0.05) is 36.3 Å². The molecule has 0 aliphatic heterocycles. The van der Waals surface area contributed by atoms with E-state index in [4.69, 9.17) is 29.6 Å². The van der Waals surface area contributed by atoms with Crippen LogP contribution in [-0.4, -0.2) is 10.9 Å². The molecule has 2 rings (SSSR count). The van der Waals surface area contributed by atoms with Crippen molar-refractivity contribution < 1.29 is 9.18 Å². The minimum absolute atomic E-state index is 0.0363. The van der Waals surface area contributed by atoms with Crippen molar-refractivity contribution in [3.63, 3.8) is 0 Å². The standard InChI is InChI=1S/C12H12ClFN2OS/c13-7-3-1-4-8(9(7)14)16-11(17)12(10(15)18)5-2-6-12/h1,3-4H,2,5-6H2,(H2,15,18)(H,16,17). The molecule has 1 saturated carbocycles. The van der Waals surface area contributed by atoms with E-state index in [2.05, 4.69) is 5.32 Å². The number of thiocarbonyl (C=S) groups is 1. The second-order valence-electron chi connectivity index (χ2n) is 4.36. The Morgan fingerprint density at radius 3 is 2.67 bits per heavy atom. The van der Waals surface area contributed by atoms with Gasteiger partial charge in [0, 0.05) is 0 Å².